The molecule has 0 saturated carbocycles. The Labute approximate surface area is 98.4 Å². The van der Waals surface area contributed by atoms with Gasteiger partial charge in [-0.25, -0.2) is 0 Å². The highest BCUT2D eigenvalue weighted by atomic mass is 33.5. The highest BCUT2D eigenvalue weighted by Crippen LogP contribution is 2.37. The van der Waals surface area contributed by atoms with Crippen LogP contribution in [0, 0.1) is 0 Å². The molecule has 0 amide bonds. The first-order valence-electron chi connectivity index (χ1n) is 4.88. The first kappa shape index (κ1) is 12.3. The molecule has 0 saturated heterocycles. The maximum Gasteiger partial charge on any atom is 0.0296 e. The number of unbranched alkanes of at least 4 members (excludes halogenated alkanes) is 1. The average molecular weight is 244 g/mol. The summed E-state index contributed by atoms with van der Waals surface area (Å²) in [4.78, 5) is 0. The van der Waals surface area contributed by atoms with E-state index in [1.807, 2.05) is 31.4 Å². The van der Waals surface area contributed by atoms with Crippen molar-refractivity contribution in [2.24, 2.45) is 0 Å². The van der Waals surface area contributed by atoms with Crippen molar-refractivity contribution in [3.8, 4) is 0 Å². The van der Waals surface area contributed by atoms with E-state index in [1.54, 1.807) is 0 Å². The molecule has 0 aliphatic carbocycles. The third kappa shape index (κ3) is 5.89. The lowest BCUT2D eigenvalue weighted by Gasteiger charge is -2.00. The van der Waals surface area contributed by atoms with Crippen molar-refractivity contribution in [1.29, 1.82) is 0 Å². The highest BCUT2D eigenvalue weighted by Gasteiger charge is 1.93. The molecule has 1 aromatic rings. The second-order valence-corrected chi connectivity index (χ2v) is 7.34. The molecule has 0 aromatic heterocycles. The van der Waals surface area contributed by atoms with Crippen LogP contribution in [0.5, 0.6) is 0 Å². The second-order valence-electron chi connectivity index (χ2n) is 2.99. The maximum absolute atomic E-state index is 2.24. The molecule has 0 heterocycles. The molecule has 0 aliphatic rings. The van der Waals surface area contributed by atoms with Crippen LogP contribution in [0.15, 0.2) is 30.3 Å². The van der Waals surface area contributed by atoms with E-state index in [-0.39, 0.29) is 0 Å². The van der Waals surface area contributed by atoms with Gasteiger partial charge in [0.25, 0.3) is 0 Å². The zero-order valence-electron chi connectivity index (χ0n) is 8.44. The number of rotatable bonds is 7. The minimum absolute atomic E-state index is 1.12. The minimum atomic E-state index is 1.12. The Hall–Kier alpha value is 0.270. The van der Waals surface area contributed by atoms with Gasteiger partial charge in [-0.05, 0) is 21.8 Å². The average Bonchev–Trinajstić information content (AvgIpc) is 2.25. The molecular weight excluding hydrogens is 228 g/mol. The monoisotopic (exact) mass is 244 g/mol. The van der Waals surface area contributed by atoms with Crippen LogP contribution < -0.4 is 0 Å². The van der Waals surface area contributed by atoms with Crippen LogP contribution in [0.25, 0.3) is 0 Å². The van der Waals surface area contributed by atoms with E-state index >= 15 is 0 Å². The molecule has 0 unspecified atom stereocenters. The summed E-state index contributed by atoms with van der Waals surface area (Å²) in [5.41, 5.74) is 1.42. The van der Waals surface area contributed by atoms with E-state index in [0.717, 1.165) is 5.75 Å². The Morgan fingerprint density at radius 1 is 1.07 bits per heavy atom. The van der Waals surface area contributed by atoms with Gasteiger partial charge in [-0.3, -0.25) is 0 Å². The molecule has 0 aliphatic heterocycles. The Balaban J connectivity index is 1.99. The van der Waals surface area contributed by atoms with Crippen molar-refractivity contribution in [1.82, 2.24) is 0 Å². The predicted molar refractivity (Wildman–Crippen MR) is 72.7 cm³/mol. The lowest BCUT2D eigenvalue weighted by atomic mass is 10.2. The van der Waals surface area contributed by atoms with Crippen molar-refractivity contribution in [2.45, 2.75) is 25.5 Å². The van der Waals surface area contributed by atoms with E-state index in [9.17, 15) is 0 Å². The molecule has 1 rings (SSSR count). The lowest BCUT2D eigenvalue weighted by Crippen LogP contribution is -1.75. The maximum atomic E-state index is 2.24. The largest absolute Gasteiger partial charge is 0.0826 e. The molecular formula is C11H16S3. The SMILES string of the molecule is CCCCSSSCc1ccccc1. The fraction of sp³-hybridized carbons (Fsp3) is 0.455. The summed E-state index contributed by atoms with van der Waals surface area (Å²) >= 11 is 0. The van der Waals surface area contributed by atoms with E-state index < -0.39 is 0 Å². The van der Waals surface area contributed by atoms with E-state index in [1.165, 1.54) is 24.2 Å². The molecule has 0 bridgehead atoms. The quantitative estimate of drug-likeness (QED) is 0.488. The molecule has 0 fully saturated rings. The van der Waals surface area contributed by atoms with Crippen LogP contribution in [-0.2, 0) is 5.75 Å². The second kappa shape index (κ2) is 8.57. The van der Waals surface area contributed by atoms with Crippen LogP contribution in [-0.4, -0.2) is 5.75 Å². The molecule has 0 N–H and O–H groups in total. The number of benzene rings is 1. The van der Waals surface area contributed by atoms with Gasteiger partial charge in [0.1, 0.15) is 0 Å². The Bertz CT molecular complexity index is 223. The van der Waals surface area contributed by atoms with Gasteiger partial charge in [0.05, 0.1) is 0 Å². The van der Waals surface area contributed by atoms with Gasteiger partial charge in [0, 0.05) is 11.5 Å². The fourth-order valence-electron chi connectivity index (χ4n) is 0.938. The summed E-state index contributed by atoms with van der Waals surface area (Å²) in [7, 11) is 5.83. The van der Waals surface area contributed by atoms with Gasteiger partial charge in [-0.1, -0.05) is 65.3 Å². The summed E-state index contributed by atoms with van der Waals surface area (Å²) in [5.74, 6) is 2.40. The standard InChI is InChI=1S/C11H16S3/c1-2-3-9-12-14-13-10-11-7-5-4-6-8-11/h4-8H,2-3,9-10H2,1H3. The van der Waals surface area contributed by atoms with Crippen molar-refractivity contribution in [2.75, 3.05) is 5.75 Å². The molecule has 3 heteroatoms. The summed E-state index contributed by atoms with van der Waals surface area (Å²) in [6.07, 6.45) is 2.64. The zero-order chi connectivity index (χ0) is 10.1. The summed E-state index contributed by atoms with van der Waals surface area (Å²) in [6.45, 7) is 2.24. The smallest absolute Gasteiger partial charge is 0.0296 e. The molecule has 0 radical (unpaired) electrons. The first-order valence-corrected chi connectivity index (χ1v) is 8.70. The topological polar surface area (TPSA) is 0 Å². The van der Waals surface area contributed by atoms with Gasteiger partial charge < -0.3 is 0 Å². The van der Waals surface area contributed by atoms with Gasteiger partial charge >= 0.3 is 0 Å². The molecule has 0 atom stereocenters. The van der Waals surface area contributed by atoms with E-state index in [4.69, 9.17) is 0 Å². The highest BCUT2D eigenvalue weighted by molar-refractivity contribution is 9.09. The van der Waals surface area contributed by atoms with Crippen LogP contribution in [0.4, 0.5) is 0 Å². The third-order valence-electron chi connectivity index (χ3n) is 1.75. The third-order valence-corrected chi connectivity index (χ3v) is 6.01. The van der Waals surface area contributed by atoms with Crippen LogP contribution in [0.3, 0.4) is 0 Å². The van der Waals surface area contributed by atoms with Crippen LogP contribution in [0.1, 0.15) is 25.3 Å². The molecule has 78 valence electrons. The van der Waals surface area contributed by atoms with Crippen molar-refractivity contribution >= 4 is 31.4 Å². The first-order chi connectivity index (χ1) is 6.93. The van der Waals surface area contributed by atoms with Gasteiger partial charge in [-0.2, -0.15) is 0 Å². The van der Waals surface area contributed by atoms with Gasteiger partial charge in [0.15, 0.2) is 0 Å². The van der Waals surface area contributed by atoms with E-state index in [0.29, 0.717) is 0 Å². The number of hydrogen-bond donors (Lipinski definition) is 0. The molecule has 14 heavy (non-hydrogen) atoms. The van der Waals surface area contributed by atoms with Crippen LogP contribution >= 0.6 is 31.4 Å². The van der Waals surface area contributed by atoms with Gasteiger partial charge in [0.2, 0.25) is 0 Å². The predicted octanol–water partition coefficient (Wildman–Crippen LogP) is 5.02. The molecule has 1 aromatic carbocycles. The Morgan fingerprint density at radius 2 is 1.86 bits per heavy atom. The van der Waals surface area contributed by atoms with Crippen molar-refractivity contribution in [3.63, 3.8) is 0 Å². The molecule has 0 spiro atoms. The van der Waals surface area contributed by atoms with Crippen molar-refractivity contribution in [3.05, 3.63) is 35.9 Å². The lowest BCUT2D eigenvalue weighted by molar-refractivity contribution is 0.898. The summed E-state index contributed by atoms with van der Waals surface area (Å²) in [6, 6.07) is 10.6. The zero-order valence-corrected chi connectivity index (χ0v) is 10.9. The number of hydrogen-bond acceptors (Lipinski definition) is 3. The minimum Gasteiger partial charge on any atom is -0.0826 e. The fourth-order valence-corrected chi connectivity index (χ4v) is 4.83. The Kier molecular flexibility index (Phi) is 7.55. The molecule has 0 nitrogen and oxygen atoms in total. The van der Waals surface area contributed by atoms with E-state index in [2.05, 4.69) is 37.3 Å². The van der Waals surface area contributed by atoms with Crippen molar-refractivity contribution < 1.29 is 0 Å². The van der Waals surface area contributed by atoms with Gasteiger partial charge in [-0.15, -0.1) is 0 Å². The Morgan fingerprint density at radius 3 is 2.57 bits per heavy atom. The normalized spacial score (nSPS) is 10.4. The van der Waals surface area contributed by atoms with Crippen LogP contribution in [0.2, 0.25) is 0 Å². The summed E-state index contributed by atoms with van der Waals surface area (Å²) in [5, 5.41) is 0. The summed E-state index contributed by atoms with van der Waals surface area (Å²) < 4.78 is 0.